The Morgan fingerprint density at radius 3 is 2.26 bits per heavy atom. The first kappa shape index (κ1) is 31.7. The number of halogens is 6. The average molecular weight is 624 g/mol. The van der Waals surface area contributed by atoms with Gasteiger partial charge >= 0.3 is 12.2 Å². The molecular weight excluding hydrogens is 597 g/mol. The van der Waals surface area contributed by atoms with Crippen molar-refractivity contribution in [3.8, 4) is 0 Å². The van der Waals surface area contributed by atoms with Crippen molar-refractivity contribution < 1.29 is 36.3 Å². The Morgan fingerprint density at radius 2 is 1.60 bits per heavy atom. The van der Waals surface area contributed by atoms with Gasteiger partial charge in [-0.25, -0.2) is 18.5 Å². The smallest absolute Gasteiger partial charge is 0.355 e. The summed E-state index contributed by atoms with van der Waals surface area (Å²) < 4.78 is 68.1. The predicted molar refractivity (Wildman–Crippen MR) is 153 cm³/mol. The van der Waals surface area contributed by atoms with E-state index in [4.69, 9.17) is 0 Å². The number of imide groups is 1. The fourth-order valence-corrected chi connectivity index (χ4v) is 4.93. The minimum absolute atomic E-state index is 0. The number of rotatable bonds is 6. The molecule has 0 aliphatic carbocycles. The summed E-state index contributed by atoms with van der Waals surface area (Å²) in [4.78, 5) is 42.3. The van der Waals surface area contributed by atoms with Gasteiger partial charge in [0.05, 0.1) is 24.3 Å². The number of amides is 4. The molecule has 2 heterocycles. The molecule has 3 aromatic rings. The highest BCUT2D eigenvalue weighted by molar-refractivity contribution is 6.23. The van der Waals surface area contributed by atoms with Crippen LogP contribution in [0.1, 0.15) is 25.0 Å². The van der Waals surface area contributed by atoms with Crippen molar-refractivity contribution in [1.82, 2.24) is 10.2 Å². The minimum atomic E-state index is -5.03. The fraction of sp³-hybridized carbons (Fsp3) is 0.276. The number of benzene rings is 3. The first-order valence-corrected chi connectivity index (χ1v) is 13.0. The molecule has 0 radical (unpaired) electrons. The molecule has 2 fully saturated rings. The lowest BCUT2D eigenvalue weighted by atomic mass is 10.0. The highest BCUT2D eigenvalue weighted by atomic mass is 35.5. The normalized spacial score (nSPS) is 16.9. The monoisotopic (exact) mass is 623 g/mol. The van der Waals surface area contributed by atoms with Crippen LogP contribution in [0, 0.1) is 11.6 Å². The molecule has 8 nitrogen and oxygen atoms in total. The molecule has 2 aliphatic rings. The second kappa shape index (κ2) is 11.8. The van der Waals surface area contributed by atoms with Crippen molar-refractivity contribution in [2.45, 2.75) is 32.1 Å². The first-order chi connectivity index (χ1) is 19.8. The Morgan fingerprint density at radius 1 is 0.930 bits per heavy atom. The number of alkyl halides is 3. The Hall–Kier alpha value is -4.23. The molecule has 0 unspecified atom stereocenters. The molecule has 14 heteroatoms. The van der Waals surface area contributed by atoms with Crippen LogP contribution in [0.3, 0.4) is 0 Å². The van der Waals surface area contributed by atoms with Crippen LogP contribution >= 0.6 is 12.4 Å². The summed E-state index contributed by atoms with van der Waals surface area (Å²) in [5, 5.41) is 6.10. The average Bonchev–Trinajstić information content (AvgIpc) is 3.09. The van der Waals surface area contributed by atoms with Gasteiger partial charge in [-0.2, -0.15) is 13.2 Å². The van der Waals surface area contributed by atoms with E-state index in [1.807, 2.05) is 0 Å². The molecule has 228 valence electrons. The fourth-order valence-electron chi connectivity index (χ4n) is 4.93. The van der Waals surface area contributed by atoms with Crippen molar-refractivity contribution in [3.05, 3.63) is 83.4 Å². The van der Waals surface area contributed by atoms with Crippen molar-refractivity contribution in [1.29, 1.82) is 0 Å². The summed E-state index contributed by atoms with van der Waals surface area (Å²) >= 11 is 0. The van der Waals surface area contributed by atoms with E-state index in [9.17, 15) is 36.3 Å². The molecule has 0 saturated carbocycles. The number of hydrogen-bond donors (Lipinski definition) is 2. The SMILES string of the molecule is CC1(C)C(=O)N(c2ccc(F)c(C(F)(F)F)c2)C(=O)N1Cc1ccc(F)cc1Nc1ccc(N2CCNCC2=O)cc1.Cl. The number of nitrogens with one attached hydrogen (secondary N) is 2. The van der Waals surface area contributed by atoms with Crippen molar-refractivity contribution in [2.24, 2.45) is 0 Å². The van der Waals surface area contributed by atoms with E-state index in [0.29, 0.717) is 47.1 Å². The van der Waals surface area contributed by atoms with Crippen LogP contribution in [0.15, 0.2) is 60.7 Å². The van der Waals surface area contributed by atoms with Crippen LogP contribution in [0.4, 0.5) is 49.5 Å². The Labute approximate surface area is 249 Å². The third-order valence-corrected chi connectivity index (χ3v) is 7.28. The molecule has 0 bridgehead atoms. The lowest BCUT2D eigenvalue weighted by Gasteiger charge is -2.29. The number of carbonyl (C=O) groups is 3. The molecule has 5 rings (SSSR count). The van der Waals surface area contributed by atoms with Crippen LogP contribution in [0.25, 0.3) is 0 Å². The van der Waals surface area contributed by atoms with Gasteiger partial charge in [0.1, 0.15) is 17.2 Å². The number of anilines is 4. The number of carbonyl (C=O) groups excluding carboxylic acids is 3. The number of urea groups is 1. The Kier molecular flexibility index (Phi) is 8.70. The zero-order valence-electron chi connectivity index (χ0n) is 23.0. The molecule has 43 heavy (non-hydrogen) atoms. The summed E-state index contributed by atoms with van der Waals surface area (Å²) in [5.74, 6) is -2.97. The molecule has 2 N–H and O–H groups in total. The Balaban J connectivity index is 0.00000423. The summed E-state index contributed by atoms with van der Waals surface area (Å²) in [7, 11) is 0. The quantitative estimate of drug-likeness (QED) is 0.267. The van der Waals surface area contributed by atoms with E-state index in [0.717, 1.165) is 11.0 Å². The van der Waals surface area contributed by atoms with Crippen LogP contribution < -0.4 is 20.4 Å². The standard InChI is InChI=1S/C29H26F5N5O3.ClH/c1-28(2)26(41)39(21-9-10-23(31)22(14-21)29(32,33)34)27(42)38(28)16-17-3-4-18(30)13-24(17)36-19-5-7-20(8-6-19)37-12-11-35-15-25(37)40;/h3-10,13-14,35-36H,11-12,15-16H2,1-2H3;1H. The third-order valence-electron chi connectivity index (χ3n) is 7.28. The van der Waals surface area contributed by atoms with Gasteiger partial charge in [0, 0.05) is 30.2 Å². The van der Waals surface area contributed by atoms with E-state index in [-0.39, 0.29) is 37.1 Å². The van der Waals surface area contributed by atoms with E-state index in [1.165, 1.54) is 32.0 Å². The second-order valence-corrected chi connectivity index (χ2v) is 10.4. The number of piperazine rings is 1. The lowest BCUT2D eigenvalue weighted by molar-refractivity contribution is -0.140. The van der Waals surface area contributed by atoms with Gasteiger partial charge in [-0.3, -0.25) is 9.59 Å². The molecule has 0 spiro atoms. The zero-order chi connectivity index (χ0) is 30.4. The molecule has 0 aromatic heterocycles. The molecule has 2 saturated heterocycles. The maximum atomic E-state index is 14.3. The molecule has 2 aliphatic heterocycles. The molecule has 0 atom stereocenters. The van der Waals surface area contributed by atoms with Gasteiger partial charge in [0.25, 0.3) is 5.91 Å². The van der Waals surface area contributed by atoms with E-state index < -0.39 is 46.5 Å². The van der Waals surface area contributed by atoms with Crippen LogP contribution in [-0.2, 0) is 22.3 Å². The van der Waals surface area contributed by atoms with E-state index in [1.54, 1.807) is 29.2 Å². The van der Waals surface area contributed by atoms with Gasteiger partial charge in [-0.1, -0.05) is 6.07 Å². The lowest BCUT2D eigenvalue weighted by Crippen LogP contribution is -2.48. The topological polar surface area (TPSA) is 85.0 Å². The van der Waals surface area contributed by atoms with Gasteiger partial charge < -0.3 is 20.4 Å². The van der Waals surface area contributed by atoms with Crippen molar-refractivity contribution in [2.75, 3.05) is 34.8 Å². The van der Waals surface area contributed by atoms with Gasteiger partial charge in [0.2, 0.25) is 5.91 Å². The van der Waals surface area contributed by atoms with Gasteiger partial charge in [0.15, 0.2) is 0 Å². The van der Waals surface area contributed by atoms with Crippen LogP contribution in [0.2, 0.25) is 0 Å². The van der Waals surface area contributed by atoms with E-state index in [2.05, 4.69) is 10.6 Å². The molecule has 3 aromatic carbocycles. The second-order valence-electron chi connectivity index (χ2n) is 10.4. The highest BCUT2D eigenvalue weighted by Gasteiger charge is 2.52. The maximum Gasteiger partial charge on any atom is 0.419 e. The molecule has 4 amide bonds. The zero-order valence-corrected chi connectivity index (χ0v) is 23.8. The van der Waals surface area contributed by atoms with Crippen LogP contribution in [-0.4, -0.2) is 47.9 Å². The highest BCUT2D eigenvalue weighted by Crippen LogP contribution is 2.38. The largest absolute Gasteiger partial charge is 0.419 e. The molecular formula is C29H27ClF5N5O3. The summed E-state index contributed by atoms with van der Waals surface area (Å²) in [6.07, 6.45) is -5.03. The van der Waals surface area contributed by atoms with Gasteiger partial charge in [-0.15, -0.1) is 12.4 Å². The van der Waals surface area contributed by atoms with Gasteiger partial charge in [-0.05, 0) is 74.0 Å². The third kappa shape index (κ3) is 6.13. The summed E-state index contributed by atoms with van der Waals surface area (Å²) in [5.41, 5.74) is -1.55. The maximum absolute atomic E-state index is 14.3. The Bertz CT molecular complexity index is 1570. The van der Waals surface area contributed by atoms with Crippen molar-refractivity contribution in [3.63, 3.8) is 0 Å². The predicted octanol–water partition coefficient (Wildman–Crippen LogP) is 5.83. The number of hydrogen-bond acceptors (Lipinski definition) is 5. The summed E-state index contributed by atoms with van der Waals surface area (Å²) in [6.45, 7) is 4.10. The van der Waals surface area contributed by atoms with Crippen molar-refractivity contribution >= 4 is 53.0 Å². The summed E-state index contributed by atoms with van der Waals surface area (Å²) in [6, 6.07) is 11.7. The van der Waals surface area contributed by atoms with E-state index >= 15 is 0 Å². The van der Waals surface area contributed by atoms with Crippen LogP contribution in [0.5, 0.6) is 0 Å². The minimum Gasteiger partial charge on any atom is -0.355 e. The number of nitrogens with zero attached hydrogens (tertiary/aromatic N) is 3. The first-order valence-electron chi connectivity index (χ1n) is 13.0.